The van der Waals surface area contributed by atoms with E-state index >= 15 is 0 Å². The zero-order valence-corrected chi connectivity index (χ0v) is 10.0. The molecular formula is C12H22N2O. The fourth-order valence-electron chi connectivity index (χ4n) is 3.25. The summed E-state index contributed by atoms with van der Waals surface area (Å²) < 4.78 is 5.40. The summed E-state index contributed by atoms with van der Waals surface area (Å²) in [7, 11) is 0. The van der Waals surface area contributed by atoms with Crippen LogP contribution in [0.2, 0.25) is 0 Å². The second kappa shape index (κ2) is 3.39. The Morgan fingerprint density at radius 2 is 2.13 bits per heavy atom. The third-order valence-electron chi connectivity index (χ3n) is 3.85. The molecule has 15 heavy (non-hydrogen) atoms. The Morgan fingerprint density at radius 3 is 2.67 bits per heavy atom. The lowest BCUT2D eigenvalue weighted by molar-refractivity contribution is 0.0599. The summed E-state index contributed by atoms with van der Waals surface area (Å²) in [4.78, 5) is 4.60. The van der Waals surface area contributed by atoms with Gasteiger partial charge in [-0.25, -0.2) is 4.99 Å². The number of nitrogens with two attached hydrogens (primary N) is 1. The van der Waals surface area contributed by atoms with E-state index in [-0.39, 0.29) is 11.0 Å². The van der Waals surface area contributed by atoms with E-state index in [2.05, 4.69) is 25.8 Å². The first kappa shape index (κ1) is 10.8. The molecule has 0 aromatic rings. The molecule has 1 saturated carbocycles. The Balaban J connectivity index is 2.28. The monoisotopic (exact) mass is 210 g/mol. The van der Waals surface area contributed by atoms with Gasteiger partial charge < -0.3 is 10.5 Å². The van der Waals surface area contributed by atoms with Crippen molar-refractivity contribution in [2.75, 3.05) is 6.61 Å². The highest BCUT2D eigenvalue weighted by atomic mass is 16.5. The van der Waals surface area contributed by atoms with Crippen LogP contribution in [0.25, 0.3) is 0 Å². The zero-order valence-electron chi connectivity index (χ0n) is 10.0. The van der Waals surface area contributed by atoms with Gasteiger partial charge in [-0.15, -0.1) is 0 Å². The highest BCUT2D eigenvalue weighted by molar-refractivity contribution is 5.73. The molecule has 1 fully saturated rings. The third kappa shape index (κ3) is 1.84. The Bertz CT molecular complexity index is 280. The molecule has 3 nitrogen and oxygen atoms in total. The Labute approximate surface area is 92.1 Å². The van der Waals surface area contributed by atoms with Gasteiger partial charge in [0.05, 0.1) is 0 Å². The Kier molecular flexibility index (Phi) is 2.44. The minimum atomic E-state index is -0.0133. The van der Waals surface area contributed by atoms with Crippen molar-refractivity contribution in [2.24, 2.45) is 22.1 Å². The van der Waals surface area contributed by atoms with Gasteiger partial charge >= 0.3 is 0 Å². The number of rotatable bonds is 0. The highest BCUT2D eigenvalue weighted by Gasteiger charge is 2.49. The summed E-state index contributed by atoms with van der Waals surface area (Å²) in [6.07, 6.45) is 4.96. The maximum absolute atomic E-state index is 5.67. The van der Waals surface area contributed by atoms with E-state index < -0.39 is 0 Å². The average molecular weight is 210 g/mol. The van der Waals surface area contributed by atoms with Crippen molar-refractivity contribution in [3.8, 4) is 0 Å². The van der Waals surface area contributed by atoms with Crippen molar-refractivity contribution < 1.29 is 4.74 Å². The molecular weight excluding hydrogens is 188 g/mol. The van der Waals surface area contributed by atoms with E-state index in [0.717, 1.165) is 6.42 Å². The molecule has 2 rings (SSSR count). The third-order valence-corrected chi connectivity index (χ3v) is 3.85. The molecule has 1 spiro atoms. The first-order valence-electron chi connectivity index (χ1n) is 5.92. The molecule has 2 aliphatic rings. The predicted octanol–water partition coefficient (Wildman–Crippen LogP) is 2.31. The largest absolute Gasteiger partial charge is 0.463 e. The van der Waals surface area contributed by atoms with Crippen molar-refractivity contribution in [3.05, 3.63) is 0 Å². The van der Waals surface area contributed by atoms with Gasteiger partial charge in [-0.05, 0) is 24.2 Å². The van der Waals surface area contributed by atoms with Crippen LogP contribution in [-0.4, -0.2) is 18.2 Å². The summed E-state index contributed by atoms with van der Waals surface area (Å²) in [5.74, 6) is 0.597. The van der Waals surface area contributed by atoms with Crippen molar-refractivity contribution in [1.29, 1.82) is 0 Å². The standard InChI is InChI=1S/C12H22N2O/c1-11(2,3)9-6-4-5-7-12(9)8-15-10(13)14-12/h9H,4-8H2,1-3H3,(H2,13,14). The van der Waals surface area contributed by atoms with Crippen LogP contribution in [-0.2, 0) is 4.74 Å². The molecule has 1 aliphatic heterocycles. The predicted molar refractivity (Wildman–Crippen MR) is 61.7 cm³/mol. The van der Waals surface area contributed by atoms with E-state index in [9.17, 15) is 0 Å². The Hall–Kier alpha value is -0.730. The molecule has 0 saturated heterocycles. The maximum Gasteiger partial charge on any atom is 0.282 e. The van der Waals surface area contributed by atoms with Gasteiger partial charge in [0.1, 0.15) is 12.1 Å². The summed E-state index contributed by atoms with van der Waals surface area (Å²) in [5, 5.41) is 0. The maximum atomic E-state index is 5.67. The molecule has 0 amide bonds. The lowest BCUT2D eigenvalue weighted by Gasteiger charge is -2.44. The number of amidine groups is 1. The second-order valence-electron chi connectivity index (χ2n) is 6.01. The molecule has 0 aromatic heterocycles. The fourth-order valence-corrected chi connectivity index (χ4v) is 3.25. The lowest BCUT2D eigenvalue weighted by atomic mass is 9.63. The zero-order chi connectivity index (χ0) is 11.1. The molecule has 0 bridgehead atoms. The van der Waals surface area contributed by atoms with Crippen molar-refractivity contribution >= 4 is 6.02 Å². The Morgan fingerprint density at radius 1 is 1.40 bits per heavy atom. The van der Waals surface area contributed by atoms with Gasteiger partial charge in [-0.3, -0.25) is 0 Å². The molecule has 1 aliphatic carbocycles. The fraction of sp³-hybridized carbons (Fsp3) is 0.917. The van der Waals surface area contributed by atoms with E-state index in [1.807, 2.05) is 0 Å². The van der Waals surface area contributed by atoms with Gasteiger partial charge in [0, 0.05) is 0 Å². The van der Waals surface area contributed by atoms with Gasteiger partial charge in [0.25, 0.3) is 6.02 Å². The summed E-state index contributed by atoms with van der Waals surface area (Å²) in [5.41, 5.74) is 5.95. The molecule has 3 heteroatoms. The quantitative estimate of drug-likeness (QED) is 0.667. The van der Waals surface area contributed by atoms with Crippen molar-refractivity contribution in [3.63, 3.8) is 0 Å². The van der Waals surface area contributed by atoms with Crippen LogP contribution in [0.3, 0.4) is 0 Å². The number of aliphatic imine (C=N–C) groups is 1. The normalized spacial score (nSPS) is 36.5. The molecule has 2 N–H and O–H groups in total. The van der Waals surface area contributed by atoms with Crippen LogP contribution < -0.4 is 5.73 Å². The van der Waals surface area contributed by atoms with E-state index in [0.29, 0.717) is 18.5 Å². The number of ether oxygens (including phenoxy) is 1. The molecule has 2 unspecified atom stereocenters. The van der Waals surface area contributed by atoms with E-state index in [1.54, 1.807) is 0 Å². The van der Waals surface area contributed by atoms with Gasteiger partial charge in [-0.2, -0.15) is 0 Å². The van der Waals surface area contributed by atoms with E-state index in [1.165, 1.54) is 19.3 Å². The first-order chi connectivity index (χ1) is 6.94. The number of nitrogens with zero attached hydrogens (tertiary/aromatic N) is 1. The summed E-state index contributed by atoms with van der Waals surface area (Å²) >= 11 is 0. The van der Waals surface area contributed by atoms with Gasteiger partial charge in [0.15, 0.2) is 0 Å². The van der Waals surface area contributed by atoms with Gasteiger partial charge in [-0.1, -0.05) is 33.6 Å². The minimum absolute atomic E-state index is 0.0133. The second-order valence-corrected chi connectivity index (χ2v) is 6.01. The van der Waals surface area contributed by atoms with Crippen molar-refractivity contribution in [1.82, 2.24) is 0 Å². The smallest absolute Gasteiger partial charge is 0.282 e. The van der Waals surface area contributed by atoms with Crippen LogP contribution in [0.1, 0.15) is 46.5 Å². The molecule has 0 aromatic carbocycles. The van der Waals surface area contributed by atoms with Crippen LogP contribution in [0.5, 0.6) is 0 Å². The van der Waals surface area contributed by atoms with Crippen LogP contribution in [0.15, 0.2) is 4.99 Å². The van der Waals surface area contributed by atoms with Gasteiger partial charge in [0.2, 0.25) is 0 Å². The molecule has 0 radical (unpaired) electrons. The minimum Gasteiger partial charge on any atom is -0.463 e. The van der Waals surface area contributed by atoms with Crippen LogP contribution in [0, 0.1) is 11.3 Å². The van der Waals surface area contributed by atoms with Crippen LogP contribution in [0.4, 0.5) is 0 Å². The topological polar surface area (TPSA) is 47.6 Å². The van der Waals surface area contributed by atoms with E-state index in [4.69, 9.17) is 10.5 Å². The number of hydrogen-bond acceptors (Lipinski definition) is 3. The van der Waals surface area contributed by atoms with Crippen molar-refractivity contribution in [2.45, 2.75) is 52.0 Å². The van der Waals surface area contributed by atoms with Crippen LogP contribution >= 0.6 is 0 Å². The molecule has 1 heterocycles. The SMILES string of the molecule is CC(C)(C)C1CCCCC12COC(N)=N2. The highest BCUT2D eigenvalue weighted by Crippen LogP contribution is 2.48. The number of hydrogen-bond donors (Lipinski definition) is 1. The molecule has 86 valence electrons. The molecule has 2 atom stereocenters. The lowest BCUT2D eigenvalue weighted by Crippen LogP contribution is -2.46. The summed E-state index contributed by atoms with van der Waals surface area (Å²) in [6, 6.07) is 0.395. The first-order valence-corrected chi connectivity index (χ1v) is 5.92. The summed E-state index contributed by atoms with van der Waals surface area (Å²) in [6.45, 7) is 7.60. The average Bonchev–Trinajstić information content (AvgIpc) is 2.47.